The number of aromatic nitrogens is 2. The SMILES string of the molecule is CC.CC.CC.CC(C)(CC(C)(C)N1CC[C@H](NC(=O)Cc2cncn2Cc2ccccc2)C1=O)c1ccccc1. The first-order valence-electron chi connectivity index (χ1n) is 15.3. The second-order valence-corrected chi connectivity index (χ2v) is 10.8. The normalized spacial score (nSPS) is 14.5. The van der Waals surface area contributed by atoms with E-state index in [0.29, 0.717) is 19.5 Å². The van der Waals surface area contributed by atoms with Crippen LogP contribution in [-0.4, -0.2) is 44.4 Å². The zero-order valence-corrected chi connectivity index (χ0v) is 27.2. The maximum absolute atomic E-state index is 13.3. The average molecular weight is 563 g/mol. The van der Waals surface area contributed by atoms with Gasteiger partial charge >= 0.3 is 0 Å². The molecule has 2 aromatic carbocycles. The van der Waals surface area contributed by atoms with E-state index in [1.54, 1.807) is 12.5 Å². The fourth-order valence-electron chi connectivity index (χ4n) is 5.41. The highest BCUT2D eigenvalue weighted by Crippen LogP contribution is 2.36. The van der Waals surface area contributed by atoms with Gasteiger partial charge < -0.3 is 14.8 Å². The zero-order valence-electron chi connectivity index (χ0n) is 27.2. The van der Waals surface area contributed by atoms with Crippen molar-refractivity contribution < 1.29 is 9.59 Å². The van der Waals surface area contributed by atoms with Crippen LogP contribution in [0.5, 0.6) is 0 Å². The van der Waals surface area contributed by atoms with Crippen molar-refractivity contribution in [2.75, 3.05) is 6.54 Å². The van der Waals surface area contributed by atoms with Crippen molar-refractivity contribution >= 4 is 11.8 Å². The van der Waals surface area contributed by atoms with Gasteiger partial charge in [0, 0.05) is 30.5 Å². The van der Waals surface area contributed by atoms with Crippen LogP contribution in [0.1, 0.15) is 98.9 Å². The summed E-state index contributed by atoms with van der Waals surface area (Å²) in [6, 6.07) is 20.0. The molecule has 0 radical (unpaired) electrons. The van der Waals surface area contributed by atoms with Crippen molar-refractivity contribution in [2.45, 2.75) is 112 Å². The number of nitrogens with one attached hydrogen (secondary N) is 1. The van der Waals surface area contributed by atoms with Crippen LogP contribution in [0.15, 0.2) is 73.2 Å². The molecule has 6 nitrogen and oxygen atoms in total. The van der Waals surface area contributed by atoms with Gasteiger partial charge in [-0.15, -0.1) is 0 Å². The molecule has 1 N–H and O–H groups in total. The highest BCUT2D eigenvalue weighted by Gasteiger charge is 2.43. The molecule has 0 saturated carbocycles. The van der Waals surface area contributed by atoms with Gasteiger partial charge in [0.25, 0.3) is 0 Å². The maximum Gasteiger partial charge on any atom is 0.245 e. The molecule has 0 unspecified atom stereocenters. The van der Waals surface area contributed by atoms with Crippen molar-refractivity contribution in [1.29, 1.82) is 0 Å². The third kappa shape index (κ3) is 10.2. The van der Waals surface area contributed by atoms with Gasteiger partial charge in [0.15, 0.2) is 0 Å². The van der Waals surface area contributed by atoms with E-state index in [-0.39, 0.29) is 29.2 Å². The lowest BCUT2D eigenvalue weighted by atomic mass is 9.74. The molecule has 2 heterocycles. The summed E-state index contributed by atoms with van der Waals surface area (Å²) in [6.07, 6.45) is 5.12. The maximum atomic E-state index is 13.3. The van der Waals surface area contributed by atoms with E-state index in [1.807, 2.05) is 75.3 Å². The van der Waals surface area contributed by atoms with Crippen molar-refractivity contribution in [3.05, 3.63) is 90.0 Å². The molecule has 0 bridgehead atoms. The molecule has 3 aromatic rings. The molecule has 6 heteroatoms. The summed E-state index contributed by atoms with van der Waals surface area (Å²) in [7, 11) is 0. The Morgan fingerprint density at radius 1 is 0.902 bits per heavy atom. The van der Waals surface area contributed by atoms with E-state index in [4.69, 9.17) is 0 Å². The fourth-order valence-corrected chi connectivity index (χ4v) is 5.41. The number of hydrogen-bond donors (Lipinski definition) is 1. The Morgan fingerprint density at radius 2 is 1.46 bits per heavy atom. The van der Waals surface area contributed by atoms with Crippen LogP contribution in [0.4, 0.5) is 0 Å². The molecule has 1 aliphatic heterocycles. The van der Waals surface area contributed by atoms with Crippen LogP contribution in [-0.2, 0) is 28.0 Å². The number of amides is 2. The number of carbonyl (C=O) groups is 2. The number of nitrogens with zero attached hydrogens (tertiary/aromatic N) is 3. The highest BCUT2D eigenvalue weighted by molar-refractivity contribution is 5.90. The lowest BCUT2D eigenvalue weighted by molar-refractivity contribution is -0.136. The number of rotatable bonds is 9. The molecular formula is C35H54N4O2. The van der Waals surface area contributed by atoms with Crippen molar-refractivity contribution in [2.24, 2.45) is 0 Å². The summed E-state index contributed by atoms with van der Waals surface area (Å²) < 4.78 is 1.98. The van der Waals surface area contributed by atoms with E-state index < -0.39 is 6.04 Å². The number of benzene rings is 2. The number of carbonyl (C=O) groups excluding carboxylic acids is 2. The molecule has 2 amide bonds. The van der Waals surface area contributed by atoms with E-state index >= 15 is 0 Å². The van der Waals surface area contributed by atoms with Crippen molar-refractivity contribution in [3.63, 3.8) is 0 Å². The Balaban J connectivity index is 0.00000131. The van der Waals surface area contributed by atoms with Gasteiger partial charge in [-0.1, -0.05) is 116 Å². The second-order valence-electron chi connectivity index (χ2n) is 10.8. The number of imidazole rings is 1. The molecule has 0 aliphatic carbocycles. The number of hydrogen-bond acceptors (Lipinski definition) is 3. The monoisotopic (exact) mass is 562 g/mol. The van der Waals surface area contributed by atoms with Crippen molar-refractivity contribution in [1.82, 2.24) is 19.8 Å². The predicted molar refractivity (Wildman–Crippen MR) is 172 cm³/mol. The average Bonchev–Trinajstić information content (AvgIpc) is 3.58. The Bertz CT molecular complexity index is 1150. The molecule has 1 atom stereocenters. The summed E-state index contributed by atoms with van der Waals surface area (Å²) in [5, 5.41) is 2.98. The molecule has 226 valence electrons. The van der Waals surface area contributed by atoms with Crippen LogP contribution in [0.25, 0.3) is 0 Å². The van der Waals surface area contributed by atoms with Gasteiger partial charge in [0.05, 0.1) is 12.7 Å². The molecule has 4 rings (SSSR count). The molecule has 0 spiro atoms. The Hall–Kier alpha value is -3.41. The number of likely N-dealkylation sites (tertiary alicyclic amines) is 1. The van der Waals surface area contributed by atoms with E-state index in [1.165, 1.54) is 5.56 Å². The Labute approximate surface area is 249 Å². The first-order chi connectivity index (χ1) is 19.7. The van der Waals surface area contributed by atoms with E-state index in [0.717, 1.165) is 17.7 Å². The smallest absolute Gasteiger partial charge is 0.245 e. The van der Waals surface area contributed by atoms with Crippen LogP contribution >= 0.6 is 0 Å². The molecule has 1 aromatic heterocycles. The third-order valence-electron chi connectivity index (χ3n) is 7.04. The largest absolute Gasteiger partial charge is 0.344 e. The zero-order chi connectivity index (χ0) is 31.1. The summed E-state index contributed by atoms with van der Waals surface area (Å²) in [5.41, 5.74) is 2.83. The summed E-state index contributed by atoms with van der Waals surface area (Å²) in [6.45, 7) is 22.0. The highest BCUT2D eigenvalue weighted by atomic mass is 16.2. The van der Waals surface area contributed by atoms with Gasteiger partial charge in [-0.05, 0) is 43.2 Å². The standard InChI is InChI=1S/C29H36N4O2.3C2H6/c1-28(2,23-13-9-6-10-14-23)20-29(3,4)33-16-15-25(27(33)35)31-26(34)17-24-18-30-21-32(24)19-22-11-7-5-8-12-22;3*1-2/h5-14,18,21,25H,15-17,19-20H2,1-4H3,(H,31,34);3*1-2H3/t25-;;;/m0.../s1. The molecular weight excluding hydrogens is 508 g/mol. The van der Waals surface area contributed by atoms with Crippen molar-refractivity contribution in [3.8, 4) is 0 Å². The molecule has 1 fully saturated rings. The summed E-state index contributed by atoms with van der Waals surface area (Å²) in [5.74, 6) is -0.146. The minimum absolute atomic E-state index is 0.00463. The van der Waals surface area contributed by atoms with Gasteiger partial charge in [-0.25, -0.2) is 4.98 Å². The van der Waals surface area contributed by atoms with Gasteiger partial charge in [0.1, 0.15) is 6.04 Å². The summed E-state index contributed by atoms with van der Waals surface area (Å²) >= 11 is 0. The summed E-state index contributed by atoms with van der Waals surface area (Å²) in [4.78, 5) is 32.4. The quantitative estimate of drug-likeness (QED) is 0.295. The first-order valence-corrected chi connectivity index (χ1v) is 15.3. The minimum atomic E-state index is -0.480. The second kappa shape index (κ2) is 17.4. The third-order valence-corrected chi connectivity index (χ3v) is 7.04. The Morgan fingerprint density at radius 3 is 2.05 bits per heavy atom. The molecule has 41 heavy (non-hydrogen) atoms. The first kappa shape index (κ1) is 35.6. The van der Waals surface area contributed by atoms with Gasteiger partial charge in [-0.3, -0.25) is 9.59 Å². The lowest BCUT2D eigenvalue weighted by Crippen LogP contribution is -2.51. The van der Waals surface area contributed by atoms with Crippen LogP contribution in [0.2, 0.25) is 0 Å². The van der Waals surface area contributed by atoms with Crippen LogP contribution in [0.3, 0.4) is 0 Å². The van der Waals surface area contributed by atoms with E-state index in [9.17, 15) is 9.59 Å². The van der Waals surface area contributed by atoms with Gasteiger partial charge in [0.2, 0.25) is 11.8 Å². The fraction of sp³-hybridized carbons (Fsp3) is 0.514. The van der Waals surface area contributed by atoms with Gasteiger partial charge in [-0.2, -0.15) is 0 Å². The van der Waals surface area contributed by atoms with E-state index in [2.05, 4.69) is 74.4 Å². The van der Waals surface area contributed by atoms with Crippen LogP contribution < -0.4 is 5.32 Å². The minimum Gasteiger partial charge on any atom is -0.344 e. The Kier molecular flexibility index (Phi) is 15.1. The lowest BCUT2D eigenvalue weighted by Gasteiger charge is -2.42. The van der Waals surface area contributed by atoms with Crippen LogP contribution in [0, 0.1) is 0 Å². The predicted octanol–water partition coefficient (Wildman–Crippen LogP) is 7.42. The topological polar surface area (TPSA) is 67.2 Å². The molecule has 1 aliphatic rings. The molecule has 1 saturated heterocycles.